The van der Waals surface area contributed by atoms with Crippen molar-refractivity contribution in [2.24, 2.45) is 5.73 Å². The maximum Gasteiger partial charge on any atom is 0.243 e. The number of halogens is 3. The van der Waals surface area contributed by atoms with Crippen molar-refractivity contribution in [2.75, 3.05) is 13.7 Å². The Kier molecular flexibility index (Phi) is 4.35. The van der Waals surface area contributed by atoms with Gasteiger partial charge in [-0.15, -0.1) is 0 Å². The molecule has 1 atom stereocenters. The summed E-state index contributed by atoms with van der Waals surface area (Å²) in [7, 11) is 1.52. The standard InChI is InChI=1S/C12H12F3N3O2/c1-19-3-2-9(16)12-17-11(18-20-12)6-4-7(13)10(15)8(14)5-6/h4-5,9H,2-3,16H2,1H3. The highest BCUT2D eigenvalue weighted by Gasteiger charge is 2.18. The zero-order valence-corrected chi connectivity index (χ0v) is 10.6. The van der Waals surface area contributed by atoms with Crippen molar-refractivity contribution in [2.45, 2.75) is 12.5 Å². The number of benzene rings is 1. The van der Waals surface area contributed by atoms with E-state index in [1.807, 2.05) is 0 Å². The van der Waals surface area contributed by atoms with Gasteiger partial charge in [0.05, 0.1) is 6.04 Å². The van der Waals surface area contributed by atoms with Crippen molar-refractivity contribution in [3.05, 3.63) is 35.5 Å². The molecule has 0 saturated carbocycles. The minimum atomic E-state index is -1.55. The molecule has 8 heteroatoms. The Hall–Kier alpha value is -1.93. The minimum absolute atomic E-state index is 0.0321. The third-order valence-electron chi connectivity index (χ3n) is 2.63. The Bertz CT molecular complexity index is 580. The van der Waals surface area contributed by atoms with Crippen LogP contribution < -0.4 is 5.73 Å². The van der Waals surface area contributed by atoms with Crippen molar-refractivity contribution < 1.29 is 22.4 Å². The van der Waals surface area contributed by atoms with Crippen LogP contribution in [0.3, 0.4) is 0 Å². The van der Waals surface area contributed by atoms with Gasteiger partial charge in [-0.25, -0.2) is 13.2 Å². The quantitative estimate of drug-likeness (QED) is 0.853. The highest BCUT2D eigenvalue weighted by Crippen LogP contribution is 2.23. The van der Waals surface area contributed by atoms with E-state index < -0.39 is 23.5 Å². The number of ether oxygens (including phenoxy) is 1. The molecule has 0 aliphatic rings. The van der Waals surface area contributed by atoms with Crippen LogP contribution in [-0.2, 0) is 4.74 Å². The van der Waals surface area contributed by atoms with Crippen LogP contribution in [0.2, 0.25) is 0 Å². The van der Waals surface area contributed by atoms with E-state index in [9.17, 15) is 13.2 Å². The molecule has 0 spiro atoms. The largest absolute Gasteiger partial charge is 0.385 e. The highest BCUT2D eigenvalue weighted by atomic mass is 19.2. The molecule has 0 saturated heterocycles. The number of nitrogens with two attached hydrogens (primary N) is 1. The fourth-order valence-corrected chi connectivity index (χ4v) is 1.56. The molecule has 5 nitrogen and oxygen atoms in total. The molecule has 20 heavy (non-hydrogen) atoms. The Morgan fingerprint density at radius 2 is 1.95 bits per heavy atom. The van der Waals surface area contributed by atoms with Crippen LogP contribution in [0.5, 0.6) is 0 Å². The fourth-order valence-electron chi connectivity index (χ4n) is 1.56. The number of nitrogens with zero attached hydrogens (tertiary/aromatic N) is 2. The lowest BCUT2D eigenvalue weighted by Gasteiger charge is -2.04. The average molecular weight is 287 g/mol. The van der Waals surface area contributed by atoms with Gasteiger partial charge < -0.3 is 15.0 Å². The van der Waals surface area contributed by atoms with Crippen LogP contribution >= 0.6 is 0 Å². The summed E-state index contributed by atoms with van der Waals surface area (Å²) >= 11 is 0. The molecule has 0 fully saturated rings. The van der Waals surface area contributed by atoms with E-state index in [0.717, 1.165) is 12.1 Å². The Balaban J connectivity index is 2.24. The van der Waals surface area contributed by atoms with E-state index in [1.165, 1.54) is 7.11 Å². The van der Waals surface area contributed by atoms with E-state index in [4.69, 9.17) is 15.0 Å². The molecule has 1 aromatic carbocycles. The second-order valence-corrected chi connectivity index (χ2v) is 4.10. The van der Waals surface area contributed by atoms with Crippen molar-refractivity contribution in [3.63, 3.8) is 0 Å². The normalized spacial score (nSPS) is 12.7. The number of aromatic nitrogens is 2. The number of hydrogen-bond acceptors (Lipinski definition) is 5. The van der Waals surface area contributed by atoms with Crippen LogP contribution in [-0.4, -0.2) is 23.9 Å². The summed E-state index contributed by atoms with van der Waals surface area (Å²) in [5.74, 6) is -4.15. The van der Waals surface area contributed by atoms with E-state index >= 15 is 0 Å². The summed E-state index contributed by atoms with van der Waals surface area (Å²) in [4.78, 5) is 3.93. The zero-order valence-electron chi connectivity index (χ0n) is 10.6. The number of methoxy groups -OCH3 is 1. The third-order valence-corrected chi connectivity index (χ3v) is 2.63. The lowest BCUT2D eigenvalue weighted by molar-refractivity contribution is 0.182. The summed E-state index contributed by atoms with van der Waals surface area (Å²) in [6, 6.07) is 1.02. The average Bonchev–Trinajstić information content (AvgIpc) is 2.91. The van der Waals surface area contributed by atoms with Gasteiger partial charge in [-0.3, -0.25) is 0 Å². The molecule has 0 aliphatic carbocycles. The molecule has 2 rings (SSSR count). The summed E-state index contributed by atoms with van der Waals surface area (Å²) in [5, 5.41) is 3.56. The minimum Gasteiger partial charge on any atom is -0.385 e. The predicted molar refractivity (Wildman–Crippen MR) is 63.0 cm³/mol. The van der Waals surface area contributed by atoms with E-state index in [0.29, 0.717) is 13.0 Å². The van der Waals surface area contributed by atoms with Crippen LogP contribution in [0, 0.1) is 17.5 Å². The first kappa shape index (κ1) is 14.5. The van der Waals surface area contributed by atoms with Gasteiger partial charge in [-0.05, 0) is 18.6 Å². The monoisotopic (exact) mass is 287 g/mol. The Morgan fingerprint density at radius 3 is 2.55 bits per heavy atom. The van der Waals surface area contributed by atoms with Gasteiger partial charge in [0.15, 0.2) is 17.5 Å². The van der Waals surface area contributed by atoms with Gasteiger partial charge in [0.2, 0.25) is 11.7 Å². The van der Waals surface area contributed by atoms with Gasteiger partial charge in [-0.1, -0.05) is 5.16 Å². The van der Waals surface area contributed by atoms with E-state index in [-0.39, 0.29) is 17.3 Å². The summed E-state index contributed by atoms with van der Waals surface area (Å²) in [6.07, 6.45) is 0.449. The molecule has 0 aliphatic heterocycles. The topological polar surface area (TPSA) is 74.2 Å². The molecule has 108 valence electrons. The van der Waals surface area contributed by atoms with Crippen molar-refractivity contribution in [1.29, 1.82) is 0 Å². The molecule has 1 heterocycles. The second-order valence-electron chi connectivity index (χ2n) is 4.10. The second kappa shape index (κ2) is 6.02. The molecule has 0 amide bonds. The van der Waals surface area contributed by atoms with Crippen LogP contribution in [0.25, 0.3) is 11.4 Å². The van der Waals surface area contributed by atoms with Gasteiger partial charge in [-0.2, -0.15) is 4.98 Å². The third kappa shape index (κ3) is 2.97. The first-order valence-corrected chi connectivity index (χ1v) is 5.76. The van der Waals surface area contributed by atoms with Crippen LogP contribution in [0.15, 0.2) is 16.7 Å². The van der Waals surface area contributed by atoms with E-state index in [2.05, 4.69) is 10.1 Å². The molecule has 2 aromatic rings. The van der Waals surface area contributed by atoms with E-state index in [1.54, 1.807) is 0 Å². The summed E-state index contributed by atoms with van der Waals surface area (Å²) < 4.78 is 48.8. The summed E-state index contributed by atoms with van der Waals surface area (Å²) in [5.41, 5.74) is 5.74. The maximum absolute atomic E-state index is 13.1. The van der Waals surface area contributed by atoms with Gasteiger partial charge in [0, 0.05) is 19.3 Å². The van der Waals surface area contributed by atoms with Gasteiger partial charge >= 0.3 is 0 Å². The van der Waals surface area contributed by atoms with Crippen molar-refractivity contribution in [3.8, 4) is 11.4 Å². The molecule has 0 radical (unpaired) electrons. The molecular weight excluding hydrogens is 275 g/mol. The van der Waals surface area contributed by atoms with Crippen molar-refractivity contribution >= 4 is 0 Å². The molecule has 1 aromatic heterocycles. The Morgan fingerprint density at radius 1 is 1.30 bits per heavy atom. The Labute approximate surface area is 112 Å². The van der Waals surface area contributed by atoms with Crippen LogP contribution in [0.4, 0.5) is 13.2 Å². The van der Waals surface area contributed by atoms with Crippen molar-refractivity contribution in [1.82, 2.24) is 10.1 Å². The molecule has 0 bridgehead atoms. The maximum atomic E-state index is 13.1. The fraction of sp³-hybridized carbons (Fsp3) is 0.333. The molecule has 2 N–H and O–H groups in total. The van der Waals surface area contributed by atoms with Gasteiger partial charge in [0.1, 0.15) is 0 Å². The van der Waals surface area contributed by atoms with Gasteiger partial charge in [0.25, 0.3) is 0 Å². The lowest BCUT2D eigenvalue weighted by Crippen LogP contribution is -2.13. The van der Waals surface area contributed by atoms with Crippen LogP contribution in [0.1, 0.15) is 18.4 Å². The summed E-state index contributed by atoms with van der Waals surface area (Å²) in [6.45, 7) is 0.401. The molecule has 1 unspecified atom stereocenters. The first-order valence-electron chi connectivity index (χ1n) is 5.76. The lowest BCUT2D eigenvalue weighted by atomic mass is 10.2. The smallest absolute Gasteiger partial charge is 0.243 e. The molecular formula is C12H12F3N3O2. The zero-order chi connectivity index (χ0) is 14.7. The number of hydrogen-bond donors (Lipinski definition) is 1. The first-order chi connectivity index (χ1) is 9.52. The highest BCUT2D eigenvalue weighted by molar-refractivity contribution is 5.54. The SMILES string of the molecule is COCCC(N)c1nc(-c2cc(F)c(F)c(F)c2)no1. The number of rotatable bonds is 5. The predicted octanol–water partition coefficient (Wildman–Crippen LogP) is 2.19.